The lowest BCUT2D eigenvalue weighted by Crippen LogP contribution is -2.41. The molecule has 2 N–H and O–H groups in total. The monoisotopic (exact) mass is 385 g/mol. The molecule has 0 radical (unpaired) electrons. The van der Waals surface area contributed by atoms with Crippen molar-refractivity contribution in [2.75, 3.05) is 18.4 Å². The van der Waals surface area contributed by atoms with E-state index in [2.05, 4.69) is 15.2 Å². The summed E-state index contributed by atoms with van der Waals surface area (Å²) in [6, 6.07) is 13.1. The Morgan fingerprint density at radius 2 is 2.15 bits per heavy atom. The fourth-order valence-electron chi connectivity index (χ4n) is 3.75. The zero-order valence-corrected chi connectivity index (χ0v) is 15.6. The number of aromatic amines is 1. The second-order valence-electron chi connectivity index (χ2n) is 7.04. The van der Waals surface area contributed by atoms with E-state index < -0.39 is 0 Å². The summed E-state index contributed by atoms with van der Waals surface area (Å²) in [5.74, 6) is -0.325. The SMILES string of the molecule is O=c1[nH]ccc2cc(NC3CCCN(Cc4cccc(Cl)c4F)C3)ccc12. The number of H-pyrrole nitrogens is 1. The Morgan fingerprint density at radius 1 is 1.26 bits per heavy atom. The smallest absolute Gasteiger partial charge is 0.255 e. The highest BCUT2D eigenvalue weighted by Crippen LogP contribution is 2.23. The molecule has 3 aromatic rings. The molecule has 0 saturated carbocycles. The molecule has 2 aromatic carbocycles. The van der Waals surface area contributed by atoms with Crippen LogP contribution in [0.1, 0.15) is 18.4 Å². The molecule has 2 heterocycles. The van der Waals surface area contributed by atoms with Crippen molar-refractivity contribution in [3.8, 4) is 0 Å². The lowest BCUT2D eigenvalue weighted by Gasteiger charge is -2.33. The average molecular weight is 386 g/mol. The predicted octanol–water partition coefficient (Wildman–Crippen LogP) is 4.40. The van der Waals surface area contributed by atoms with Gasteiger partial charge in [-0.1, -0.05) is 23.7 Å². The fraction of sp³-hybridized carbons (Fsp3) is 0.286. The number of pyridine rings is 1. The third kappa shape index (κ3) is 3.99. The minimum atomic E-state index is -0.325. The predicted molar refractivity (Wildman–Crippen MR) is 108 cm³/mol. The van der Waals surface area contributed by atoms with Crippen molar-refractivity contribution < 1.29 is 4.39 Å². The summed E-state index contributed by atoms with van der Waals surface area (Å²) in [5, 5.41) is 5.33. The first-order valence-corrected chi connectivity index (χ1v) is 9.51. The summed E-state index contributed by atoms with van der Waals surface area (Å²) in [4.78, 5) is 16.8. The quantitative estimate of drug-likeness (QED) is 0.700. The van der Waals surface area contributed by atoms with Crippen LogP contribution in [0, 0.1) is 5.82 Å². The standard InChI is InChI=1S/C21H21ClFN3O/c22-19-5-1-3-15(20(19)23)12-26-10-2-4-17(13-26)25-16-6-7-18-14(11-16)8-9-24-21(18)27/h1,3,5-9,11,17,25H,2,4,10,12-13H2,(H,24,27). The Bertz CT molecular complexity index is 1020. The van der Waals surface area contributed by atoms with Gasteiger partial charge in [-0.2, -0.15) is 0 Å². The van der Waals surface area contributed by atoms with Crippen LogP contribution in [0.4, 0.5) is 10.1 Å². The van der Waals surface area contributed by atoms with E-state index in [0.717, 1.165) is 37.0 Å². The van der Waals surface area contributed by atoms with Gasteiger partial charge in [0, 0.05) is 42.0 Å². The second kappa shape index (κ2) is 7.71. The van der Waals surface area contributed by atoms with E-state index in [1.54, 1.807) is 24.4 Å². The van der Waals surface area contributed by atoms with Crippen LogP contribution in [0.2, 0.25) is 5.02 Å². The van der Waals surface area contributed by atoms with Crippen molar-refractivity contribution in [2.45, 2.75) is 25.4 Å². The van der Waals surface area contributed by atoms with Gasteiger partial charge in [0.15, 0.2) is 0 Å². The summed E-state index contributed by atoms with van der Waals surface area (Å²) >= 11 is 5.90. The minimum absolute atomic E-state index is 0.0774. The number of likely N-dealkylation sites (tertiary alicyclic amines) is 1. The van der Waals surface area contributed by atoms with Crippen LogP contribution in [0.3, 0.4) is 0 Å². The third-order valence-corrected chi connectivity index (χ3v) is 5.37. The number of fused-ring (bicyclic) bond motifs is 1. The fourth-order valence-corrected chi connectivity index (χ4v) is 3.94. The lowest BCUT2D eigenvalue weighted by atomic mass is 10.0. The molecule has 1 fully saturated rings. The molecule has 140 valence electrons. The van der Waals surface area contributed by atoms with E-state index in [9.17, 15) is 9.18 Å². The summed E-state index contributed by atoms with van der Waals surface area (Å²) in [5.41, 5.74) is 1.55. The highest BCUT2D eigenvalue weighted by molar-refractivity contribution is 6.30. The Hall–Kier alpha value is -2.37. The van der Waals surface area contributed by atoms with E-state index in [-0.39, 0.29) is 22.4 Å². The highest BCUT2D eigenvalue weighted by atomic mass is 35.5. The number of halogens is 2. The normalized spacial score (nSPS) is 17.9. The van der Waals surface area contributed by atoms with Crippen LogP contribution in [0.15, 0.2) is 53.5 Å². The number of piperidine rings is 1. The van der Waals surface area contributed by atoms with Gasteiger partial charge in [-0.05, 0) is 55.1 Å². The van der Waals surface area contributed by atoms with Crippen LogP contribution in [0.25, 0.3) is 10.8 Å². The molecule has 4 rings (SSSR count). The van der Waals surface area contributed by atoms with Crippen molar-refractivity contribution in [3.05, 3.63) is 75.4 Å². The highest BCUT2D eigenvalue weighted by Gasteiger charge is 2.21. The molecule has 0 amide bonds. The van der Waals surface area contributed by atoms with Crippen LogP contribution in [-0.4, -0.2) is 29.0 Å². The number of rotatable bonds is 4. The summed E-state index contributed by atoms with van der Waals surface area (Å²) in [6.07, 6.45) is 3.77. The van der Waals surface area contributed by atoms with Crippen molar-refractivity contribution in [2.24, 2.45) is 0 Å². The molecule has 0 bridgehead atoms. The first-order valence-electron chi connectivity index (χ1n) is 9.13. The van der Waals surface area contributed by atoms with Gasteiger partial charge in [-0.25, -0.2) is 4.39 Å². The summed E-state index contributed by atoms with van der Waals surface area (Å²) in [6.45, 7) is 2.33. The van der Waals surface area contributed by atoms with E-state index in [1.165, 1.54) is 0 Å². The maximum atomic E-state index is 14.2. The molecule has 1 aromatic heterocycles. The van der Waals surface area contributed by atoms with Gasteiger partial charge in [0.05, 0.1) is 5.02 Å². The van der Waals surface area contributed by atoms with Gasteiger partial charge in [0.1, 0.15) is 5.82 Å². The van der Waals surface area contributed by atoms with Crippen LogP contribution in [0.5, 0.6) is 0 Å². The first-order chi connectivity index (χ1) is 13.1. The molecule has 6 heteroatoms. The number of hydrogen-bond donors (Lipinski definition) is 2. The zero-order chi connectivity index (χ0) is 18.8. The summed E-state index contributed by atoms with van der Waals surface area (Å²) in [7, 11) is 0. The van der Waals surface area contributed by atoms with Gasteiger partial charge in [-0.15, -0.1) is 0 Å². The van der Waals surface area contributed by atoms with E-state index in [1.807, 2.05) is 24.3 Å². The maximum absolute atomic E-state index is 14.2. The average Bonchev–Trinajstić information content (AvgIpc) is 2.66. The lowest BCUT2D eigenvalue weighted by molar-refractivity contribution is 0.206. The molecule has 1 atom stereocenters. The zero-order valence-electron chi connectivity index (χ0n) is 14.8. The van der Waals surface area contributed by atoms with Crippen LogP contribution < -0.4 is 10.9 Å². The number of nitrogens with zero attached hydrogens (tertiary/aromatic N) is 1. The second-order valence-corrected chi connectivity index (χ2v) is 7.45. The largest absolute Gasteiger partial charge is 0.381 e. The molecule has 1 aliphatic rings. The van der Waals surface area contributed by atoms with Crippen LogP contribution in [-0.2, 0) is 6.54 Å². The molecular weight excluding hydrogens is 365 g/mol. The van der Waals surface area contributed by atoms with Crippen molar-refractivity contribution in [3.63, 3.8) is 0 Å². The van der Waals surface area contributed by atoms with E-state index in [0.29, 0.717) is 17.5 Å². The van der Waals surface area contributed by atoms with Crippen molar-refractivity contribution >= 4 is 28.1 Å². The molecule has 27 heavy (non-hydrogen) atoms. The molecule has 1 unspecified atom stereocenters. The van der Waals surface area contributed by atoms with E-state index in [4.69, 9.17) is 11.6 Å². The van der Waals surface area contributed by atoms with E-state index >= 15 is 0 Å². The van der Waals surface area contributed by atoms with Crippen molar-refractivity contribution in [1.29, 1.82) is 0 Å². The maximum Gasteiger partial charge on any atom is 0.255 e. The Kier molecular flexibility index (Phi) is 5.14. The van der Waals surface area contributed by atoms with Crippen LogP contribution >= 0.6 is 11.6 Å². The Morgan fingerprint density at radius 3 is 3.04 bits per heavy atom. The minimum Gasteiger partial charge on any atom is -0.381 e. The van der Waals surface area contributed by atoms with Crippen molar-refractivity contribution in [1.82, 2.24) is 9.88 Å². The molecule has 1 saturated heterocycles. The Labute approximate surface area is 162 Å². The van der Waals surface area contributed by atoms with Gasteiger partial charge in [0.25, 0.3) is 5.56 Å². The number of hydrogen-bond acceptors (Lipinski definition) is 3. The third-order valence-electron chi connectivity index (χ3n) is 5.08. The topological polar surface area (TPSA) is 48.1 Å². The Balaban J connectivity index is 1.45. The number of benzene rings is 2. The van der Waals surface area contributed by atoms with Gasteiger partial charge in [0.2, 0.25) is 0 Å². The van der Waals surface area contributed by atoms with Gasteiger partial charge < -0.3 is 10.3 Å². The van der Waals surface area contributed by atoms with Gasteiger partial charge >= 0.3 is 0 Å². The molecular formula is C21H21ClFN3O. The molecule has 0 spiro atoms. The molecule has 0 aliphatic carbocycles. The number of nitrogens with one attached hydrogen (secondary N) is 2. The summed E-state index contributed by atoms with van der Waals surface area (Å²) < 4.78 is 14.2. The number of anilines is 1. The molecule has 4 nitrogen and oxygen atoms in total. The van der Waals surface area contributed by atoms with Gasteiger partial charge in [-0.3, -0.25) is 9.69 Å². The first kappa shape index (κ1) is 18.0. The molecule has 1 aliphatic heterocycles. The number of aromatic nitrogens is 1.